The molecule has 5 atom stereocenters. The Morgan fingerprint density at radius 3 is 2.38 bits per heavy atom. The number of carbonyl (C=O) groups excluding carboxylic acids is 2. The van der Waals surface area contributed by atoms with E-state index < -0.39 is 0 Å². The van der Waals surface area contributed by atoms with Crippen molar-refractivity contribution in [1.82, 2.24) is 15.2 Å². The van der Waals surface area contributed by atoms with Gasteiger partial charge in [-0.15, -0.1) is 0 Å². The third-order valence-electron chi connectivity index (χ3n) is 6.84. The zero-order valence-corrected chi connectivity index (χ0v) is 16.8. The molecule has 1 unspecified atom stereocenters. The van der Waals surface area contributed by atoms with Gasteiger partial charge in [0.2, 0.25) is 5.91 Å². The second-order valence-corrected chi connectivity index (χ2v) is 8.89. The number of nitrogens with one attached hydrogen (secondary N) is 1. The molecule has 5 heteroatoms. The third kappa shape index (κ3) is 3.54. The van der Waals surface area contributed by atoms with Crippen LogP contribution in [-0.2, 0) is 4.79 Å². The van der Waals surface area contributed by atoms with Crippen LogP contribution in [0.25, 0.3) is 11.3 Å². The van der Waals surface area contributed by atoms with E-state index in [9.17, 15) is 9.59 Å². The Labute approximate surface area is 171 Å². The van der Waals surface area contributed by atoms with E-state index in [1.807, 2.05) is 36.4 Å². The van der Waals surface area contributed by atoms with Crippen LogP contribution < -0.4 is 5.32 Å². The molecule has 1 N–H and O–H groups in total. The number of amides is 2. The molecule has 1 aromatic heterocycles. The molecule has 1 saturated carbocycles. The molecule has 1 aromatic carbocycles. The number of piperidine rings is 1. The predicted octanol–water partition coefficient (Wildman–Crippen LogP) is 3.66. The average molecular weight is 389 g/mol. The molecule has 3 aliphatic rings. The molecule has 5 rings (SSSR count). The van der Waals surface area contributed by atoms with Gasteiger partial charge in [0.1, 0.15) is 0 Å². The molecule has 2 amide bonds. The molecule has 3 heterocycles. The van der Waals surface area contributed by atoms with Crippen molar-refractivity contribution >= 4 is 11.8 Å². The minimum absolute atomic E-state index is 0.0513. The summed E-state index contributed by atoms with van der Waals surface area (Å²) in [6, 6.07) is 14.2. The summed E-state index contributed by atoms with van der Waals surface area (Å²) in [5.41, 5.74) is 2.44. The lowest BCUT2D eigenvalue weighted by Gasteiger charge is -2.39. The summed E-state index contributed by atoms with van der Waals surface area (Å²) in [4.78, 5) is 32.2. The quantitative estimate of drug-likeness (QED) is 0.868. The number of nitrogens with zero attached hydrogens (tertiary/aromatic N) is 2. The molecule has 2 aromatic rings. The zero-order chi connectivity index (χ0) is 20.0. The van der Waals surface area contributed by atoms with Crippen molar-refractivity contribution in [3.63, 3.8) is 0 Å². The van der Waals surface area contributed by atoms with Gasteiger partial charge in [-0.1, -0.05) is 37.3 Å². The maximum Gasteiger partial charge on any atom is 0.251 e. The normalized spacial score (nSPS) is 30.1. The Morgan fingerprint density at radius 2 is 1.72 bits per heavy atom. The van der Waals surface area contributed by atoms with Gasteiger partial charge in [-0.3, -0.25) is 14.6 Å². The van der Waals surface area contributed by atoms with Gasteiger partial charge in [0.05, 0.1) is 5.69 Å². The molecule has 2 bridgehead atoms. The lowest BCUT2D eigenvalue weighted by molar-refractivity contribution is -0.137. The largest absolute Gasteiger partial charge is 0.349 e. The van der Waals surface area contributed by atoms with Crippen LogP contribution in [0.15, 0.2) is 48.7 Å². The van der Waals surface area contributed by atoms with Crippen LogP contribution in [0.5, 0.6) is 0 Å². The fourth-order valence-corrected chi connectivity index (χ4v) is 5.12. The lowest BCUT2D eigenvalue weighted by Crippen LogP contribution is -2.53. The molecule has 5 nitrogen and oxygen atoms in total. The van der Waals surface area contributed by atoms with Crippen LogP contribution in [0.4, 0.5) is 0 Å². The number of hydrogen-bond acceptors (Lipinski definition) is 3. The van der Waals surface area contributed by atoms with E-state index in [2.05, 4.69) is 22.1 Å². The number of hydrogen-bond donors (Lipinski definition) is 1. The summed E-state index contributed by atoms with van der Waals surface area (Å²) >= 11 is 0. The van der Waals surface area contributed by atoms with E-state index in [1.54, 1.807) is 12.3 Å². The van der Waals surface area contributed by atoms with E-state index in [0.717, 1.165) is 43.4 Å². The molecule has 150 valence electrons. The molecular formula is C24H27N3O2. The minimum atomic E-state index is -0.0513. The molecular weight excluding hydrogens is 362 g/mol. The number of aromatic nitrogens is 1. The van der Waals surface area contributed by atoms with Crippen LogP contribution in [0.1, 0.15) is 49.4 Å². The van der Waals surface area contributed by atoms with Gasteiger partial charge in [-0.25, -0.2) is 0 Å². The van der Waals surface area contributed by atoms with E-state index in [-0.39, 0.29) is 30.0 Å². The van der Waals surface area contributed by atoms with E-state index in [1.165, 1.54) is 0 Å². The molecule has 1 aliphatic carbocycles. The van der Waals surface area contributed by atoms with E-state index >= 15 is 0 Å². The van der Waals surface area contributed by atoms with Gasteiger partial charge in [0.25, 0.3) is 5.91 Å². The predicted molar refractivity (Wildman–Crippen MR) is 111 cm³/mol. The average Bonchev–Trinajstić information content (AvgIpc) is 3.42. The molecule has 0 radical (unpaired) electrons. The van der Waals surface area contributed by atoms with Crippen molar-refractivity contribution in [1.29, 1.82) is 0 Å². The summed E-state index contributed by atoms with van der Waals surface area (Å²) in [5.74, 6) is 1.10. The van der Waals surface area contributed by atoms with Gasteiger partial charge in [0, 0.05) is 41.4 Å². The minimum Gasteiger partial charge on any atom is -0.349 e. The maximum absolute atomic E-state index is 12.9. The number of carbonyl (C=O) groups is 2. The van der Waals surface area contributed by atoms with Crippen LogP contribution in [0, 0.1) is 11.8 Å². The number of rotatable bonds is 4. The molecule has 0 spiro atoms. The third-order valence-corrected chi connectivity index (χ3v) is 6.84. The van der Waals surface area contributed by atoms with Crippen molar-refractivity contribution in [2.24, 2.45) is 11.8 Å². The highest BCUT2D eigenvalue weighted by Crippen LogP contribution is 2.44. The number of benzene rings is 1. The summed E-state index contributed by atoms with van der Waals surface area (Å²) in [6.45, 7) is 2.16. The van der Waals surface area contributed by atoms with E-state index in [4.69, 9.17) is 0 Å². The monoisotopic (exact) mass is 389 g/mol. The first-order valence-corrected chi connectivity index (χ1v) is 10.7. The molecule has 3 fully saturated rings. The lowest BCUT2D eigenvalue weighted by atomic mass is 9.96. The van der Waals surface area contributed by atoms with Gasteiger partial charge in [-0.2, -0.15) is 0 Å². The van der Waals surface area contributed by atoms with Crippen LogP contribution in [0.2, 0.25) is 0 Å². The molecule has 2 aliphatic heterocycles. The fourth-order valence-electron chi connectivity index (χ4n) is 5.12. The smallest absolute Gasteiger partial charge is 0.251 e. The first-order valence-electron chi connectivity index (χ1n) is 10.7. The second-order valence-electron chi connectivity index (χ2n) is 8.89. The zero-order valence-electron chi connectivity index (χ0n) is 16.8. The van der Waals surface area contributed by atoms with Crippen LogP contribution >= 0.6 is 0 Å². The first kappa shape index (κ1) is 18.3. The highest BCUT2D eigenvalue weighted by Gasteiger charge is 2.49. The summed E-state index contributed by atoms with van der Waals surface area (Å²) in [6.07, 6.45) is 6.60. The fraction of sp³-hybridized carbons (Fsp3) is 0.458. The Kier molecular flexibility index (Phi) is 4.61. The summed E-state index contributed by atoms with van der Waals surface area (Å²) in [7, 11) is 0. The SMILES string of the molecule is C[C@@H]1C[C@@H]1C(=O)N1[C@@H]2CC[C@H]1CC(NC(=O)c1ccnc(-c3ccccc3)c1)C2. The molecule has 29 heavy (non-hydrogen) atoms. The topological polar surface area (TPSA) is 62.3 Å². The van der Waals surface area contributed by atoms with Crippen LogP contribution in [-0.4, -0.2) is 39.8 Å². The highest BCUT2D eigenvalue weighted by atomic mass is 16.2. The molecule has 2 saturated heterocycles. The Bertz CT molecular complexity index is 915. The number of fused-ring (bicyclic) bond motifs is 2. The second kappa shape index (κ2) is 7.29. The van der Waals surface area contributed by atoms with Crippen molar-refractivity contribution in [3.05, 3.63) is 54.2 Å². The highest BCUT2D eigenvalue weighted by molar-refractivity contribution is 5.95. The number of pyridine rings is 1. The van der Waals surface area contributed by atoms with E-state index in [0.29, 0.717) is 17.4 Å². The Balaban J connectivity index is 1.25. The Hall–Kier alpha value is -2.69. The van der Waals surface area contributed by atoms with Gasteiger partial charge in [0.15, 0.2) is 0 Å². The van der Waals surface area contributed by atoms with Crippen molar-refractivity contribution in [2.75, 3.05) is 0 Å². The maximum atomic E-state index is 12.9. The van der Waals surface area contributed by atoms with Gasteiger partial charge >= 0.3 is 0 Å². The van der Waals surface area contributed by atoms with Crippen LogP contribution in [0.3, 0.4) is 0 Å². The Morgan fingerprint density at radius 1 is 1.03 bits per heavy atom. The first-order chi connectivity index (χ1) is 14.1. The van der Waals surface area contributed by atoms with Crippen molar-refractivity contribution in [3.8, 4) is 11.3 Å². The van der Waals surface area contributed by atoms with Crippen molar-refractivity contribution in [2.45, 2.75) is 57.2 Å². The summed E-state index contributed by atoms with van der Waals surface area (Å²) in [5, 5.41) is 3.22. The van der Waals surface area contributed by atoms with Gasteiger partial charge in [-0.05, 0) is 50.2 Å². The summed E-state index contributed by atoms with van der Waals surface area (Å²) < 4.78 is 0. The van der Waals surface area contributed by atoms with Gasteiger partial charge < -0.3 is 10.2 Å². The standard InChI is InChI=1S/C24H27N3O2/c1-15-11-21(15)24(29)27-19-7-8-20(27)14-18(13-19)26-23(28)17-9-10-25-22(12-17)16-5-3-2-4-6-16/h2-6,9-10,12,15,18-21H,7-8,11,13-14H2,1H3,(H,26,28)/t15-,18?,19-,20+,21+/m1/s1. The van der Waals surface area contributed by atoms with Crippen molar-refractivity contribution < 1.29 is 9.59 Å².